The van der Waals surface area contributed by atoms with Gasteiger partial charge in [-0.15, -0.1) is 0 Å². The van der Waals surface area contributed by atoms with Gasteiger partial charge >= 0.3 is 0 Å². The van der Waals surface area contributed by atoms with Crippen LogP contribution in [-0.2, 0) is 12.8 Å². The van der Waals surface area contributed by atoms with Gasteiger partial charge in [0.15, 0.2) is 6.20 Å². The van der Waals surface area contributed by atoms with E-state index < -0.39 is 0 Å². The highest BCUT2D eigenvalue weighted by molar-refractivity contribution is 6.31. The Labute approximate surface area is 104 Å². The zero-order valence-corrected chi connectivity index (χ0v) is 10.1. The molecule has 3 aromatic rings. The second kappa shape index (κ2) is 3.23. The van der Waals surface area contributed by atoms with Crippen molar-refractivity contribution in [3.05, 3.63) is 46.9 Å². The predicted octanol–water partition coefficient (Wildman–Crippen LogP) is 3.05. The molecule has 0 amide bonds. The molecule has 3 heteroatoms. The highest BCUT2D eigenvalue weighted by Gasteiger charge is 2.22. The molecule has 1 N–H and O–H groups in total. The fourth-order valence-electron chi connectivity index (χ4n) is 3.00. The number of aromatic nitrogens is 2. The van der Waals surface area contributed by atoms with E-state index in [-0.39, 0.29) is 0 Å². The van der Waals surface area contributed by atoms with E-state index >= 15 is 0 Å². The summed E-state index contributed by atoms with van der Waals surface area (Å²) in [4.78, 5) is 3.37. The van der Waals surface area contributed by atoms with E-state index in [2.05, 4.69) is 27.7 Å². The van der Waals surface area contributed by atoms with Gasteiger partial charge in [-0.25, -0.2) is 4.98 Å². The summed E-state index contributed by atoms with van der Waals surface area (Å²) < 4.78 is 2.28. The Morgan fingerprint density at radius 3 is 3.12 bits per heavy atom. The molecule has 0 saturated carbocycles. The molecule has 0 radical (unpaired) electrons. The molecule has 1 aliphatic carbocycles. The minimum Gasteiger partial charge on any atom is -0.305 e. The summed E-state index contributed by atoms with van der Waals surface area (Å²) in [6.07, 6.45) is 7.63. The third kappa shape index (κ3) is 1.19. The summed E-state index contributed by atoms with van der Waals surface area (Å²) in [5.41, 5.74) is 5.41. The van der Waals surface area contributed by atoms with Crippen molar-refractivity contribution in [1.29, 1.82) is 0 Å². The Bertz CT molecular complexity index is 743. The van der Waals surface area contributed by atoms with Crippen molar-refractivity contribution in [2.75, 3.05) is 0 Å². The molecule has 0 unspecified atom stereocenters. The fraction of sp³-hybridized carbons (Fsp3) is 0.214. The van der Waals surface area contributed by atoms with Gasteiger partial charge < -0.3 is 4.40 Å². The van der Waals surface area contributed by atoms with Crippen LogP contribution in [0.4, 0.5) is 0 Å². The molecule has 1 aliphatic rings. The van der Waals surface area contributed by atoms with Crippen LogP contribution in [0.25, 0.3) is 16.4 Å². The number of nitrogens with zero attached hydrogens (tertiary/aromatic N) is 1. The van der Waals surface area contributed by atoms with Gasteiger partial charge in [0.1, 0.15) is 5.52 Å². The van der Waals surface area contributed by atoms with Crippen LogP contribution in [0, 0.1) is 0 Å². The van der Waals surface area contributed by atoms with Gasteiger partial charge in [0, 0.05) is 16.8 Å². The molecule has 17 heavy (non-hydrogen) atoms. The summed E-state index contributed by atoms with van der Waals surface area (Å²) in [6.45, 7) is 0. The van der Waals surface area contributed by atoms with Crippen molar-refractivity contribution < 1.29 is 4.98 Å². The number of hydrogen-bond acceptors (Lipinski definition) is 0. The van der Waals surface area contributed by atoms with Crippen molar-refractivity contribution in [3.63, 3.8) is 0 Å². The molecule has 0 atom stereocenters. The van der Waals surface area contributed by atoms with Gasteiger partial charge in [0.2, 0.25) is 5.69 Å². The average Bonchev–Trinajstić information content (AvgIpc) is 2.67. The number of aryl methyl sites for hydroxylation is 2. The lowest BCUT2D eigenvalue weighted by atomic mass is 9.98. The first-order valence-electron chi connectivity index (χ1n) is 5.96. The lowest BCUT2D eigenvalue weighted by molar-refractivity contribution is -0.389. The second-order valence-electron chi connectivity index (χ2n) is 4.65. The molecule has 0 aliphatic heterocycles. The first-order chi connectivity index (χ1) is 8.34. The maximum atomic E-state index is 6.12. The first-order valence-corrected chi connectivity index (χ1v) is 6.34. The number of benzene rings is 1. The molecule has 1 aromatic carbocycles. The van der Waals surface area contributed by atoms with E-state index in [9.17, 15) is 0 Å². The summed E-state index contributed by atoms with van der Waals surface area (Å²) in [6, 6.07) is 6.17. The number of H-pyrrole nitrogens is 1. The van der Waals surface area contributed by atoms with Crippen molar-refractivity contribution in [2.24, 2.45) is 0 Å². The van der Waals surface area contributed by atoms with Gasteiger partial charge in [-0.05, 0) is 36.6 Å². The van der Waals surface area contributed by atoms with Gasteiger partial charge in [0.25, 0.3) is 0 Å². The Balaban J connectivity index is 2.31. The topological polar surface area (TPSA) is 18.6 Å². The summed E-state index contributed by atoms with van der Waals surface area (Å²) in [5.74, 6) is 0. The van der Waals surface area contributed by atoms with E-state index in [1.165, 1.54) is 34.1 Å². The van der Waals surface area contributed by atoms with Crippen LogP contribution in [0.1, 0.15) is 17.7 Å². The molecule has 0 saturated heterocycles. The molecular weight excluding hydrogens is 232 g/mol. The highest BCUT2D eigenvalue weighted by Crippen LogP contribution is 2.33. The molecule has 0 fully saturated rings. The highest BCUT2D eigenvalue weighted by atomic mass is 35.5. The Morgan fingerprint density at radius 2 is 2.18 bits per heavy atom. The largest absolute Gasteiger partial charge is 0.305 e. The number of nitrogens with one attached hydrogen (secondary N) is 1. The zero-order chi connectivity index (χ0) is 11.4. The van der Waals surface area contributed by atoms with Crippen LogP contribution in [0.3, 0.4) is 0 Å². The van der Waals surface area contributed by atoms with Gasteiger partial charge in [0.05, 0.1) is 11.7 Å². The Kier molecular flexibility index (Phi) is 1.80. The van der Waals surface area contributed by atoms with E-state index in [0.29, 0.717) is 0 Å². The number of fused-ring (bicyclic) bond motifs is 3. The summed E-state index contributed by atoms with van der Waals surface area (Å²) >= 11 is 6.12. The van der Waals surface area contributed by atoms with Crippen LogP contribution in [0.5, 0.6) is 0 Å². The third-order valence-corrected chi connectivity index (χ3v) is 3.93. The minimum atomic E-state index is 0.820. The number of rotatable bonds is 0. The van der Waals surface area contributed by atoms with Crippen molar-refractivity contribution in [1.82, 2.24) is 4.40 Å². The first kappa shape index (κ1) is 9.49. The number of aromatic amines is 1. The van der Waals surface area contributed by atoms with Crippen LogP contribution >= 0.6 is 11.6 Å². The van der Waals surface area contributed by atoms with Crippen LogP contribution in [-0.4, -0.2) is 4.40 Å². The molecule has 4 rings (SSSR count). The molecule has 0 spiro atoms. The molecule has 2 nitrogen and oxygen atoms in total. The molecule has 0 bridgehead atoms. The van der Waals surface area contributed by atoms with E-state index in [1.807, 2.05) is 12.3 Å². The maximum Gasteiger partial charge on any atom is 0.204 e. The maximum absolute atomic E-state index is 6.12. The smallest absolute Gasteiger partial charge is 0.204 e. The Morgan fingerprint density at radius 1 is 1.24 bits per heavy atom. The second-order valence-corrected chi connectivity index (χ2v) is 5.09. The van der Waals surface area contributed by atoms with Gasteiger partial charge in [-0.2, -0.15) is 0 Å². The zero-order valence-electron chi connectivity index (χ0n) is 9.33. The van der Waals surface area contributed by atoms with Crippen molar-refractivity contribution in [3.8, 4) is 0 Å². The van der Waals surface area contributed by atoms with Crippen LogP contribution in [0.2, 0.25) is 5.02 Å². The third-order valence-electron chi connectivity index (χ3n) is 3.69. The van der Waals surface area contributed by atoms with Crippen molar-refractivity contribution >= 4 is 28.0 Å². The van der Waals surface area contributed by atoms with Gasteiger partial charge in [-0.3, -0.25) is 0 Å². The molecule has 84 valence electrons. The standard InChI is InChI=1S/C14H11ClN2/c15-9-4-5-13-11(8-9)10-2-1-3-12-14(10)17(13)7-6-16-12/h4-8H,1-3H2/p+1. The van der Waals surface area contributed by atoms with Crippen LogP contribution < -0.4 is 4.98 Å². The minimum absolute atomic E-state index is 0.820. The molecular formula is C14H12ClN2+. The van der Waals surface area contributed by atoms with Crippen molar-refractivity contribution in [2.45, 2.75) is 19.3 Å². The molecule has 2 heterocycles. The Hall–Kier alpha value is -1.54. The number of halogens is 1. The predicted molar refractivity (Wildman–Crippen MR) is 68.5 cm³/mol. The lowest BCUT2D eigenvalue weighted by Crippen LogP contribution is -2.16. The normalized spacial score (nSPS) is 14.6. The summed E-state index contributed by atoms with van der Waals surface area (Å²) in [7, 11) is 0. The SMILES string of the molecule is Clc1ccc2c(c1)c1c3c([nH+]ccn32)CCC1. The fourth-order valence-corrected chi connectivity index (χ4v) is 3.17. The van der Waals surface area contributed by atoms with Gasteiger partial charge in [-0.1, -0.05) is 11.6 Å². The number of hydrogen-bond donors (Lipinski definition) is 0. The summed E-state index contributed by atoms with van der Waals surface area (Å²) in [5, 5.41) is 2.12. The molecule has 2 aromatic heterocycles. The van der Waals surface area contributed by atoms with E-state index in [0.717, 1.165) is 17.9 Å². The van der Waals surface area contributed by atoms with Crippen LogP contribution in [0.15, 0.2) is 30.6 Å². The van der Waals surface area contributed by atoms with E-state index in [4.69, 9.17) is 11.6 Å². The quantitative estimate of drug-likeness (QED) is 0.578. The van der Waals surface area contributed by atoms with E-state index in [1.54, 1.807) is 0 Å². The average molecular weight is 244 g/mol. The lowest BCUT2D eigenvalue weighted by Gasteiger charge is -2.07. The monoisotopic (exact) mass is 243 g/mol.